The van der Waals surface area contributed by atoms with Crippen LogP contribution < -0.4 is 14.2 Å². The van der Waals surface area contributed by atoms with Gasteiger partial charge in [-0.25, -0.2) is 4.79 Å². The molecule has 0 fully saturated rings. The summed E-state index contributed by atoms with van der Waals surface area (Å²) in [6.07, 6.45) is 2.84. The van der Waals surface area contributed by atoms with Crippen LogP contribution in [0.4, 0.5) is 0 Å². The van der Waals surface area contributed by atoms with Crippen LogP contribution in [0, 0.1) is 0 Å². The van der Waals surface area contributed by atoms with Crippen molar-refractivity contribution in [2.24, 2.45) is 0 Å². The Labute approximate surface area is 170 Å². The molecule has 0 amide bonds. The molecule has 0 N–H and O–H groups in total. The van der Waals surface area contributed by atoms with Crippen molar-refractivity contribution >= 4 is 17.8 Å². The number of fused-ring (bicyclic) bond motifs is 1. The van der Waals surface area contributed by atoms with Gasteiger partial charge >= 0.3 is 5.97 Å². The third-order valence-electron chi connectivity index (χ3n) is 4.30. The van der Waals surface area contributed by atoms with Gasteiger partial charge in [-0.15, -0.1) is 0 Å². The summed E-state index contributed by atoms with van der Waals surface area (Å²) in [4.78, 5) is 24.6. The van der Waals surface area contributed by atoms with E-state index in [4.69, 9.17) is 18.9 Å². The zero-order chi connectivity index (χ0) is 20.6. The maximum Gasteiger partial charge on any atom is 0.331 e. The minimum Gasteiger partial charge on any atom is -0.494 e. The minimum absolute atomic E-state index is 0.273. The fourth-order valence-electron chi connectivity index (χ4n) is 2.83. The lowest BCUT2D eigenvalue weighted by atomic mass is 10.1. The third-order valence-corrected chi connectivity index (χ3v) is 4.30. The Bertz CT molecular complexity index is 885. The molecule has 0 aromatic heterocycles. The number of Topliss-reactive ketones (excluding diaryl/α,β-unsaturated/α-hetero) is 1. The van der Waals surface area contributed by atoms with Crippen LogP contribution >= 0.6 is 0 Å². The lowest BCUT2D eigenvalue weighted by Crippen LogP contribution is -2.23. The predicted octanol–water partition coefficient (Wildman–Crippen LogP) is 4.07. The van der Waals surface area contributed by atoms with Crippen molar-refractivity contribution in [1.29, 1.82) is 0 Å². The first-order chi connectivity index (χ1) is 14.1. The Morgan fingerprint density at radius 3 is 2.52 bits per heavy atom. The zero-order valence-corrected chi connectivity index (χ0v) is 16.6. The van der Waals surface area contributed by atoms with E-state index in [0.29, 0.717) is 42.6 Å². The normalized spacial score (nSPS) is 14.1. The van der Waals surface area contributed by atoms with Gasteiger partial charge in [0, 0.05) is 18.1 Å². The van der Waals surface area contributed by atoms with Crippen molar-refractivity contribution in [3.8, 4) is 17.2 Å². The predicted molar refractivity (Wildman–Crippen MR) is 109 cm³/mol. The number of hydrogen-bond acceptors (Lipinski definition) is 6. The van der Waals surface area contributed by atoms with Gasteiger partial charge in [-0.05, 0) is 61.9 Å². The van der Waals surface area contributed by atoms with E-state index in [1.165, 1.54) is 6.08 Å². The zero-order valence-electron chi connectivity index (χ0n) is 16.6. The van der Waals surface area contributed by atoms with Gasteiger partial charge in [0.1, 0.15) is 5.75 Å². The molecular formula is C23H24O6. The van der Waals surface area contributed by atoms with Crippen LogP contribution in [0.15, 0.2) is 48.5 Å². The number of carbonyl (C=O) groups excluding carboxylic acids is 2. The molecule has 152 valence electrons. The molecule has 0 aliphatic carbocycles. The maximum absolute atomic E-state index is 12.4. The molecule has 1 atom stereocenters. The molecule has 1 aliphatic heterocycles. The Morgan fingerprint density at radius 2 is 1.79 bits per heavy atom. The Balaban J connectivity index is 1.58. The average molecular weight is 396 g/mol. The van der Waals surface area contributed by atoms with Gasteiger partial charge < -0.3 is 18.9 Å². The highest BCUT2D eigenvalue weighted by molar-refractivity contribution is 6.01. The molecule has 0 spiro atoms. The van der Waals surface area contributed by atoms with Gasteiger partial charge in [-0.1, -0.05) is 6.07 Å². The average Bonchev–Trinajstić information content (AvgIpc) is 2.97. The first-order valence-corrected chi connectivity index (χ1v) is 9.62. The molecule has 1 heterocycles. The molecular weight excluding hydrogens is 372 g/mol. The summed E-state index contributed by atoms with van der Waals surface area (Å²) in [5.41, 5.74) is 1.23. The molecule has 3 rings (SSSR count). The third kappa shape index (κ3) is 5.60. The molecule has 6 heteroatoms. The molecule has 0 saturated carbocycles. The summed E-state index contributed by atoms with van der Waals surface area (Å²) >= 11 is 0. The van der Waals surface area contributed by atoms with Gasteiger partial charge in [-0.2, -0.15) is 0 Å². The van der Waals surface area contributed by atoms with Gasteiger partial charge in [0.2, 0.25) is 5.78 Å². The van der Waals surface area contributed by atoms with Crippen LogP contribution in [-0.2, 0) is 9.53 Å². The van der Waals surface area contributed by atoms with Gasteiger partial charge in [0.05, 0.1) is 19.8 Å². The minimum atomic E-state index is -0.895. The van der Waals surface area contributed by atoms with Crippen molar-refractivity contribution < 1.29 is 28.5 Å². The molecule has 0 saturated heterocycles. The van der Waals surface area contributed by atoms with Crippen LogP contribution in [0.2, 0.25) is 0 Å². The van der Waals surface area contributed by atoms with Crippen molar-refractivity contribution in [2.75, 3.05) is 19.8 Å². The van der Waals surface area contributed by atoms with E-state index >= 15 is 0 Å². The molecule has 2 aromatic rings. The Morgan fingerprint density at radius 1 is 1.07 bits per heavy atom. The van der Waals surface area contributed by atoms with E-state index in [1.54, 1.807) is 43.3 Å². The molecule has 6 nitrogen and oxygen atoms in total. The fraction of sp³-hybridized carbons (Fsp3) is 0.304. The molecule has 0 radical (unpaired) electrons. The Hall–Kier alpha value is -3.28. The van der Waals surface area contributed by atoms with Crippen LogP contribution in [0.1, 0.15) is 36.2 Å². The molecule has 0 unspecified atom stereocenters. The molecule has 2 aromatic carbocycles. The first-order valence-electron chi connectivity index (χ1n) is 9.62. The van der Waals surface area contributed by atoms with E-state index in [1.807, 2.05) is 19.1 Å². The molecule has 0 bridgehead atoms. The van der Waals surface area contributed by atoms with Crippen LogP contribution in [0.3, 0.4) is 0 Å². The van der Waals surface area contributed by atoms with E-state index < -0.39 is 12.1 Å². The summed E-state index contributed by atoms with van der Waals surface area (Å²) in [6, 6.07) is 12.2. The highest BCUT2D eigenvalue weighted by atomic mass is 16.5. The summed E-state index contributed by atoms with van der Waals surface area (Å²) in [5, 5.41) is 0. The fourth-order valence-corrected chi connectivity index (χ4v) is 2.83. The quantitative estimate of drug-likeness (QED) is 0.399. The van der Waals surface area contributed by atoms with Crippen LogP contribution in [0.25, 0.3) is 6.08 Å². The van der Waals surface area contributed by atoms with Crippen LogP contribution in [0.5, 0.6) is 17.2 Å². The number of rotatable bonds is 7. The van der Waals surface area contributed by atoms with Crippen molar-refractivity contribution in [2.45, 2.75) is 26.4 Å². The summed E-state index contributed by atoms with van der Waals surface area (Å²) < 4.78 is 21.8. The summed E-state index contributed by atoms with van der Waals surface area (Å²) in [5.74, 6) is 1.16. The lowest BCUT2D eigenvalue weighted by molar-refractivity contribution is -0.140. The number of hydrogen-bond donors (Lipinski definition) is 0. The summed E-state index contributed by atoms with van der Waals surface area (Å²) in [7, 11) is 0. The van der Waals surface area contributed by atoms with Crippen molar-refractivity contribution in [3.05, 3.63) is 59.7 Å². The van der Waals surface area contributed by atoms with E-state index in [9.17, 15) is 9.59 Å². The van der Waals surface area contributed by atoms with Gasteiger partial charge in [0.15, 0.2) is 17.6 Å². The SMILES string of the molecule is CCOc1ccc(C(=O)[C@H](C)OC(=O)/C=C/c2ccc3c(c2)OCCCO3)cc1. The topological polar surface area (TPSA) is 71.1 Å². The highest BCUT2D eigenvalue weighted by Gasteiger charge is 2.18. The molecule has 29 heavy (non-hydrogen) atoms. The lowest BCUT2D eigenvalue weighted by Gasteiger charge is -2.11. The number of esters is 1. The monoisotopic (exact) mass is 396 g/mol. The second kappa shape index (κ2) is 9.78. The van der Waals surface area contributed by atoms with E-state index in [0.717, 1.165) is 12.0 Å². The van der Waals surface area contributed by atoms with E-state index in [-0.39, 0.29) is 5.78 Å². The smallest absolute Gasteiger partial charge is 0.331 e. The van der Waals surface area contributed by atoms with Crippen molar-refractivity contribution in [3.63, 3.8) is 0 Å². The standard InChI is InChI=1S/C23H24O6/c1-3-26-19-9-7-18(8-10-19)23(25)16(2)29-22(24)12-6-17-5-11-20-21(15-17)28-14-4-13-27-20/h5-12,15-16H,3-4,13-14H2,1-2H3/b12-6+/t16-/m0/s1. The van der Waals surface area contributed by atoms with Crippen molar-refractivity contribution in [1.82, 2.24) is 0 Å². The summed E-state index contributed by atoms with van der Waals surface area (Å²) in [6.45, 7) is 5.21. The number of ether oxygens (including phenoxy) is 4. The second-order valence-electron chi connectivity index (χ2n) is 6.49. The largest absolute Gasteiger partial charge is 0.494 e. The highest BCUT2D eigenvalue weighted by Crippen LogP contribution is 2.30. The number of benzene rings is 2. The first kappa shape index (κ1) is 20.5. The molecule has 1 aliphatic rings. The maximum atomic E-state index is 12.4. The number of carbonyl (C=O) groups is 2. The number of ketones is 1. The van der Waals surface area contributed by atoms with E-state index in [2.05, 4.69) is 0 Å². The van der Waals surface area contributed by atoms with Gasteiger partial charge in [0.25, 0.3) is 0 Å². The second-order valence-corrected chi connectivity index (χ2v) is 6.49. The van der Waals surface area contributed by atoms with Crippen LogP contribution in [-0.4, -0.2) is 37.7 Å². The van der Waals surface area contributed by atoms with Gasteiger partial charge in [-0.3, -0.25) is 4.79 Å². The Kier molecular flexibility index (Phi) is 6.89.